The molecule has 0 saturated carbocycles. The molecule has 2 rings (SSSR count). The number of anilines is 1. The Morgan fingerprint density at radius 1 is 1.21 bits per heavy atom. The predicted octanol–water partition coefficient (Wildman–Crippen LogP) is 2.48. The average molecular weight is 259 g/mol. The topological polar surface area (TPSA) is 42.2 Å². The maximum atomic E-state index is 13.0. The van der Waals surface area contributed by atoms with Crippen molar-refractivity contribution >= 4 is 5.69 Å². The molecule has 0 amide bonds. The zero-order valence-corrected chi connectivity index (χ0v) is 11.0. The van der Waals surface area contributed by atoms with Crippen molar-refractivity contribution < 1.29 is 4.39 Å². The monoisotopic (exact) mass is 259 g/mol. The lowest BCUT2D eigenvalue weighted by Gasteiger charge is -2.17. The highest BCUT2D eigenvalue weighted by molar-refractivity contribution is 5.46. The highest BCUT2D eigenvalue weighted by Gasteiger charge is 2.05. The van der Waals surface area contributed by atoms with E-state index >= 15 is 0 Å². The number of likely N-dealkylation sites (N-methyl/N-ethyl adjacent to an activating group) is 1. The Balaban J connectivity index is 1.89. The zero-order chi connectivity index (χ0) is 13.7. The van der Waals surface area contributed by atoms with E-state index in [0.29, 0.717) is 5.69 Å². The second-order valence-corrected chi connectivity index (χ2v) is 4.69. The van der Waals surface area contributed by atoms with E-state index in [1.54, 1.807) is 18.5 Å². The summed E-state index contributed by atoms with van der Waals surface area (Å²) in [5.41, 5.74) is 8.53. The molecule has 0 atom stereocenters. The summed E-state index contributed by atoms with van der Waals surface area (Å²) in [7, 11) is 2.03. The van der Waals surface area contributed by atoms with Crippen molar-refractivity contribution in [3.63, 3.8) is 0 Å². The van der Waals surface area contributed by atoms with Crippen LogP contribution in [0.25, 0.3) is 0 Å². The number of halogens is 1. The van der Waals surface area contributed by atoms with Gasteiger partial charge >= 0.3 is 0 Å². The van der Waals surface area contributed by atoms with Gasteiger partial charge in [0.05, 0.1) is 0 Å². The molecule has 0 saturated heterocycles. The maximum Gasteiger partial charge on any atom is 0.125 e. The number of rotatable bonds is 5. The SMILES string of the molecule is CN(CCc1ccncc1)Cc1ccc(F)cc1N. The molecule has 2 N–H and O–H groups in total. The molecule has 0 aliphatic rings. The van der Waals surface area contributed by atoms with Crippen LogP contribution in [0.5, 0.6) is 0 Å². The molecule has 4 heteroatoms. The van der Waals surface area contributed by atoms with Crippen LogP contribution in [-0.2, 0) is 13.0 Å². The van der Waals surface area contributed by atoms with Crippen LogP contribution >= 0.6 is 0 Å². The predicted molar refractivity (Wildman–Crippen MR) is 75.1 cm³/mol. The fraction of sp³-hybridized carbons (Fsp3) is 0.267. The summed E-state index contributed by atoms with van der Waals surface area (Å²) in [6.07, 6.45) is 4.56. The van der Waals surface area contributed by atoms with Crippen LogP contribution in [0, 0.1) is 5.82 Å². The molecule has 0 bridgehead atoms. The van der Waals surface area contributed by atoms with Gasteiger partial charge in [-0.1, -0.05) is 6.07 Å². The lowest BCUT2D eigenvalue weighted by molar-refractivity contribution is 0.331. The normalized spacial score (nSPS) is 10.9. The van der Waals surface area contributed by atoms with Crippen molar-refractivity contribution in [3.8, 4) is 0 Å². The van der Waals surface area contributed by atoms with Crippen LogP contribution in [0.1, 0.15) is 11.1 Å². The Kier molecular flexibility index (Phi) is 4.47. The van der Waals surface area contributed by atoms with E-state index in [-0.39, 0.29) is 5.82 Å². The molecule has 100 valence electrons. The minimum Gasteiger partial charge on any atom is -0.398 e. The van der Waals surface area contributed by atoms with Gasteiger partial charge in [0.2, 0.25) is 0 Å². The van der Waals surface area contributed by atoms with E-state index in [1.807, 2.05) is 19.2 Å². The minimum atomic E-state index is -0.291. The smallest absolute Gasteiger partial charge is 0.125 e. The number of nitrogens with two attached hydrogens (primary N) is 1. The first-order valence-corrected chi connectivity index (χ1v) is 6.26. The molecule has 0 fully saturated rings. The van der Waals surface area contributed by atoms with Crippen LogP contribution in [0.3, 0.4) is 0 Å². The Bertz CT molecular complexity index is 528. The molecule has 0 aliphatic carbocycles. The summed E-state index contributed by atoms with van der Waals surface area (Å²) in [5, 5.41) is 0. The molecule has 1 heterocycles. The highest BCUT2D eigenvalue weighted by Crippen LogP contribution is 2.15. The quantitative estimate of drug-likeness (QED) is 0.839. The number of hydrogen-bond acceptors (Lipinski definition) is 3. The first kappa shape index (κ1) is 13.5. The maximum absolute atomic E-state index is 13.0. The van der Waals surface area contributed by atoms with Crippen molar-refractivity contribution in [3.05, 3.63) is 59.7 Å². The Hall–Kier alpha value is -1.94. The molecule has 3 nitrogen and oxygen atoms in total. The highest BCUT2D eigenvalue weighted by atomic mass is 19.1. The average Bonchev–Trinajstić information content (AvgIpc) is 2.41. The van der Waals surface area contributed by atoms with Gasteiger partial charge in [-0.3, -0.25) is 4.98 Å². The van der Waals surface area contributed by atoms with Crippen LogP contribution in [0.15, 0.2) is 42.7 Å². The third-order valence-corrected chi connectivity index (χ3v) is 3.08. The molecule has 2 aromatic rings. The van der Waals surface area contributed by atoms with Gasteiger partial charge in [-0.05, 0) is 48.9 Å². The van der Waals surface area contributed by atoms with E-state index in [4.69, 9.17) is 5.73 Å². The fourth-order valence-corrected chi connectivity index (χ4v) is 1.95. The number of aromatic nitrogens is 1. The van der Waals surface area contributed by atoms with Gasteiger partial charge in [0.15, 0.2) is 0 Å². The summed E-state index contributed by atoms with van der Waals surface area (Å²) < 4.78 is 13.0. The molecule has 1 aromatic heterocycles. The van der Waals surface area contributed by atoms with Crippen LogP contribution in [-0.4, -0.2) is 23.5 Å². The summed E-state index contributed by atoms with van der Waals surface area (Å²) in [5.74, 6) is -0.291. The summed E-state index contributed by atoms with van der Waals surface area (Å²) in [6.45, 7) is 1.64. The minimum absolute atomic E-state index is 0.291. The molecule has 0 aliphatic heterocycles. The molecular formula is C15H18FN3. The number of benzene rings is 1. The van der Waals surface area contributed by atoms with E-state index in [2.05, 4.69) is 9.88 Å². The first-order valence-electron chi connectivity index (χ1n) is 6.26. The van der Waals surface area contributed by atoms with Crippen molar-refractivity contribution in [1.29, 1.82) is 0 Å². The summed E-state index contributed by atoms with van der Waals surface area (Å²) in [4.78, 5) is 6.17. The number of hydrogen-bond donors (Lipinski definition) is 1. The van der Waals surface area contributed by atoms with Crippen molar-refractivity contribution in [2.24, 2.45) is 0 Å². The van der Waals surface area contributed by atoms with E-state index < -0.39 is 0 Å². The van der Waals surface area contributed by atoms with Gasteiger partial charge in [-0.25, -0.2) is 4.39 Å². The first-order chi connectivity index (χ1) is 9.15. The van der Waals surface area contributed by atoms with Crippen molar-refractivity contribution in [2.75, 3.05) is 19.3 Å². The molecule has 0 spiro atoms. The van der Waals surface area contributed by atoms with Gasteiger partial charge in [0, 0.05) is 31.2 Å². The summed E-state index contributed by atoms with van der Waals surface area (Å²) >= 11 is 0. The van der Waals surface area contributed by atoms with Gasteiger partial charge in [0.1, 0.15) is 5.82 Å². The Labute approximate surface area is 112 Å². The van der Waals surface area contributed by atoms with Crippen LogP contribution in [0.2, 0.25) is 0 Å². The van der Waals surface area contributed by atoms with E-state index in [1.165, 1.54) is 17.7 Å². The number of nitrogens with zero attached hydrogens (tertiary/aromatic N) is 2. The number of pyridine rings is 1. The van der Waals surface area contributed by atoms with Crippen LogP contribution < -0.4 is 5.73 Å². The van der Waals surface area contributed by atoms with Gasteiger partial charge in [0.25, 0.3) is 0 Å². The van der Waals surface area contributed by atoms with Gasteiger partial charge in [-0.15, -0.1) is 0 Å². The molecular weight excluding hydrogens is 241 g/mol. The Morgan fingerprint density at radius 2 is 1.95 bits per heavy atom. The van der Waals surface area contributed by atoms with E-state index in [9.17, 15) is 4.39 Å². The zero-order valence-electron chi connectivity index (χ0n) is 11.0. The molecule has 0 unspecified atom stereocenters. The van der Waals surface area contributed by atoms with Gasteiger partial charge in [-0.2, -0.15) is 0 Å². The fourth-order valence-electron chi connectivity index (χ4n) is 1.95. The second kappa shape index (κ2) is 6.29. The second-order valence-electron chi connectivity index (χ2n) is 4.69. The third-order valence-electron chi connectivity index (χ3n) is 3.08. The Morgan fingerprint density at radius 3 is 2.63 bits per heavy atom. The third kappa shape index (κ3) is 4.03. The van der Waals surface area contributed by atoms with Gasteiger partial charge < -0.3 is 10.6 Å². The summed E-state index contributed by atoms with van der Waals surface area (Å²) in [6, 6.07) is 8.59. The standard InChI is InChI=1S/C15H18FN3/c1-19(9-6-12-4-7-18-8-5-12)11-13-2-3-14(16)10-15(13)17/h2-5,7-8,10H,6,9,11,17H2,1H3. The lowest BCUT2D eigenvalue weighted by atomic mass is 10.1. The van der Waals surface area contributed by atoms with Crippen LogP contribution in [0.4, 0.5) is 10.1 Å². The number of nitrogen functional groups attached to an aromatic ring is 1. The molecule has 1 aromatic carbocycles. The van der Waals surface area contributed by atoms with E-state index in [0.717, 1.165) is 25.1 Å². The molecule has 19 heavy (non-hydrogen) atoms. The van der Waals surface area contributed by atoms with Crippen molar-refractivity contribution in [1.82, 2.24) is 9.88 Å². The largest absolute Gasteiger partial charge is 0.398 e. The molecule has 0 radical (unpaired) electrons. The van der Waals surface area contributed by atoms with Crippen molar-refractivity contribution in [2.45, 2.75) is 13.0 Å². The lowest BCUT2D eigenvalue weighted by Crippen LogP contribution is -2.21.